The molecule has 12 heteroatoms. The second-order valence-electron chi connectivity index (χ2n) is 13.9. The first-order valence-electron chi connectivity index (χ1n) is 19.9. The van der Waals surface area contributed by atoms with Crippen LogP contribution < -0.4 is 0 Å². The Morgan fingerprint density at radius 2 is 0.612 bits per heavy atom. The summed E-state index contributed by atoms with van der Waals surface area (Å²) in [4.78, 5) is 44.9. The fourth-order valence-electron chi connectivity index (χ4n) is 5.92. The Kier molecular flexibility index (Phi) is 31.4. The summed E-state index contributed by atoms with van der Waals surface area (Å²) in [5.74, 6) is -2.12. The molecule has 0 spiro atoms. The molecule has 0 aliphatic rings. The van der Waals surface area contributed by atoms with Gasteiger partial charge in [0.2, 0.25) is 0 Å². The molecule has 0 heterocycles. The Hall–Kier alpha value is -0.100. The third-order valence-corrected chi connectivity index (χ3v) is 15.4. The van der Waals surface area contributed by atoms with Crippen LogP contribution in [0.5, 0.6) is 0 Å². The van der Waals surface area contributed by atoms with Crippen molar-refractivity contribution in [2.24, 2.45) is 0 Å². The van der Waals surface area contributed by atoms with Crippen LogP contribution in [0.3, 0.4) is 0 Å². The van der Waals surface area contributed by atoms with E-state index in [1.54, 1.807) is 0 Å². The average Bonchev–Trinajstić information content (AvgIpc) is 3.04. The smallest absolute Gasteiger partial charge is 0.389 e. The highest BCUT2D eigenvalue weighted by atomic mass is 35.5. The molecule has 0 rings (SSSR count). The van der Waals surface area contributed by atoms with Crippen LogP contribution in [0.1, 0.15) is 219 Å². The molecule has 0 radical (unpaired) electrons. The highest BCUT2D eigenvalue weighted by molar-refractivity contribution is 7.79. The molecular weight excluding hydrogens is 705 g/mol. The second-order valence-corrected chi connectivity index (χ2v) is 20.4. The number of alkyl halides is 2. The van der Waals surface area contributed by atoms with Crippen LogP contribution in [0.25, 0.3) is 0 Å². The van der Waals surface area contributed by atoms with Crippen LogP contribution in [0.4, 0.5) is 0 Å². The molecule has 2 atom stereocenters. The third-order valence-electron chi connectivity index (χ3n) is 9.10. The largest absolute Gasteiger partial charge is 0.428 e. The third kappa shape index (κ3) is 26.3. The van der Waals surface area contributed by atoms with E-state index in [2.05, 4.69) is 22.9 Å². The highest BCUT2D eigenvalue weighted by Gasteiger charge is 2.64. The molecule has 0 fully saturated rings. The number of carbonyl (C=O) groups excluding carboxylic acids is 2. The van der Waals surface area contributed by atoms with Gasteiger partial charge in [-0.3, -0.25) is 9.59 Å². The van der Waals surface area contributed by atoms with Crippen molar-refractivity contribution >= 4 is 50.3 Å². The molecule has 2 N–H and O–H groups in total. The number of halogens is 2. The van der Waals surface area contributed by atoms with E-state index in [1.807, 2.05) is 0 Å². The molecular formula is C37H72Cl2O8P2. The summed E-state index contributed by atoms with van der Waals surface area (Å²) >= 11 is 11.6. The Morgan fingerprint density at radius 3 is 0.816 bits per heavy atom. The number of carbonyl (C=O) groups is 2. The molecule has 0 aromatic heterocycles. The summed E-state index contributed by atoms with van der Waals surface area (Å²) in [6.07, 6.45) is 34.3. The minimum Gasteiger partial charge on any atom is -0.389 e. The van der Waals surface area contributed by atoms with Gasteiger partial charge in [-0.2, -0.15) is 0 Å². The minimum absolute atomic E-state index is 0.165. The summed E-state index contributed by atoms with van der Waals surface area (Å²) in [5.41, 5.74) is 0. The lowest BCUT2D eigenvalue weighted by Crippen LogP contribution is -2.21. The van der Waals surface area contributed by atoms with E-state index in [4.69, 9.17) is 23.2 Å². The molecule has 8 nitrogen and oxygen atoms in total. The highest BCUT2D eigenvalue weighted by Crippen LogP contribution is 2.78. The lowest BCUT2D eigenvalue weighted by molar-refractivity contribution is -0.135. The van der Waals surface area contributed by atoms with E-state index in [9.17, 15) is 28.5 Å². The van der Waals surface area contributed by atoms with Gasteiger partial charge in [-0.25, -0.2) is 9.13 Å². The lowest BCUT2D eigenvalue weighted by atomic mass is 10.0. The van der Waals surface area contributed by atoms with Gasteiger partial charge in [0.25, 0.3) is 0 Å². The first kappa shape index (κ1) is 48.9. The Morgan fingerprint density at radius 1 is 0.429 bits per heavy atom. The molecule has 0 amide bonds. The SMILES string of the molecule is CCCCCCCCCCCCCCCCCC(=O)OP(=O)(O)C(Cl)(Cl)P(=O)(O)OC(=O)CCCCCCCCCCCCCCCCC. The van der Waals surface area contributed by atoms with E-state index in [0.29, 0.717) is 12.8 Å². The average molecular weight is 778 g/mol. The van der Waals surface area contributed by atoms with Crippen molar-refractivity contribution in [2.45, 2.75) is 223 Å². The zero-order valence-corrected chi connectivity index (χ0v) is 34.4. The van der Waals surface area contributed by atoms with Crippen LogP contribution in [-0.2, 0) is 27.8 Å². The summed E-state index contributed by atoms with van der Waals surface area (Å²) in [7, 11) is -10.8. The van der Waals surface area contributed by atoms with Crippen molar-refractivity contribution in [3.05, 3.63) is 0 Å². The van der Waals surface area contributed by atoms with Crippen molar-refractivity contribution in [1.29, 1.82) is 0 Å². The molecule has 0 saturated carbocycles. The van der Waals surface area contributed by atoms with Gasteiger partial charge in [-0.15, -0.1) is 0 Å². The van der Waals surface area contributed by atoms with Crippen LogP contribution in [0.2, 0.25) is 0 Å². The Labute approximate surface area is 310 Å². The van der Waals surface area contributed by atoms with Gasteiger partial charge in [0.1, 0.15) is 0 Å². The van der Waals surface area contributed by atoms with E-state index < -0.39 is 30.9 Å². The molecule has 2 unspecified atom stereocenters. The van der Waals surface area contributed by atoms with Gasteiger partial charge >= 0.3 is 30.9 Å². The standard InChI is InChI=1S/C37H72Cl2O8P2/c1-3-5-7-9-11-13-15-17-19-21-23-25-27-29-31-33-35(40)46-48(42,43)37(38,39)49(44,45)47-36(41)34-32-30-28-26-24-22-20-18-16-14-12-10-8-6-4-2/h3-34H2,1-2H3,(H,42,43)(H,44,45). The van der Waals surface area contributed by atoms with Crippen LogP contribution in [-0.4, -0.2) is 25.5 Å². The van der Waals surface area contributed by atoms with Gasteiger partial charge in [0.15, 0.2) is 0 Å². The van der Waals surface area contributed by atoms with Crippen LogP contribution in [0.15, 0.2) is 0 Å². The molecule has 0 aromatic carbocycles. The van der Waals surface area contributed by atoms with Crippen LogP contribution in [0, 0.1) is 0 Å². The number of hydrogen-bond acceptors (Lipinski definition) is 6. The quantitative estimate of drug-likeness (QED) is 0.0366. The Balaban J connectivity index is 4.03. The fourth-order valence-corrected chi connectivity index (χ4v) is 8.81. The topological polar surface area (TPSA) is 127 Å². The van der Waals surface area contributed by atoms with Crippen molar-refractivity contribution < 1.29 is 37.6 Å². The van der Waals surface area contributed by atoms with Crippen molar-refractivity contribution in [3.8, 4) is 0 Å². The maximum atomic E-state index is 12.7. The normalized spacial score (nSPS) is 14.3. The number of hydrogen-bond donors (Lipinski definition) is 2. The summed E-state index contributed by atoms with van der Waals surface area (Å²) in [5, 5.41) is 0. The minimum atomic E-state index is -5.39. The van der Waals surface area contributed by atoms with Crippen molar-refractivity contribution in [1.82, 2.24) is 0 Å². The summed E-state index contributed by atoms with van der Waals surface area (Å²) in [6, 6.07) is 0. The predicted octanol–water partition coefficient (Wildman–Crippen LogP) is 14.1. The lowest BCUT2D eigenvalue weighted by Gasteiger charge is -2.27. The van der Waals surface area contributed by atoms with E-state index in [0.717, 1.165) is 51.4 Å². The zero-order valence-electron chi connectivity index (χ0n) is 31.1. The zero-order chi connectivity index (χ0) is 36.7. The maximum absolute atomic E-state index is 12.7. The number of rotatable bonds is 36. The van der Waals surface area contributed by atoms with Crippen molar-refractivity contribution in [3.63, 3.8) is 0 Å². The van der Waals surface area contributed by atoms with Crippen LogP contribution >= 0.6 is 38.4 Å². The predicted molar refractivity (Wildman–Crippen MR) is 205 cm³/mol. The van der Waals surface area contributed by atoms with Gasteiger partial charge in [0.05, 0.1) is 0 Å². The fraction of sp³-hybridized carbons (Fsp3) is 0.946. The molecule has 49 heavy (non-hydrogen) atoms. The van der Waals surface area contributed by atoms with E-state index in [-0.39, 0.29) is 12.8 Å². The summed E-state index contributed by atoms with van der Waals surface area (Å²) < 4.78 is 31.1. The second kappa shape index (κ2) is 31.4. The molecule has 0 aliphatic carbocycles. The van der Waals surface area contributed by atoms with E-state index in [1.165, 1.54) is 128 Å². The number of unbranched alkanes of at least 4 members (excludes halogenated alkanes) is 28. The monoisotopic (exact) mass is 776 g/mol. The maximum Gasteiger partial charge on any atom is 0.428 e. The Bertz CT molecular complexity index is 849. The van der Waals surface area contributed by atoms with E-state index >= 15 is 0 Å². The first-order valence-corrected chi connectivity index (χ1v) is 23.8. The van der Waals surface area contributed by atoms with Gasteiger partial charge in [-0.1, -0.05) is 217 Å². The molecule has 0 saturated heterocycles. The molecule has 0 aliphatic heterocycles. The summed E-state index contributed by atoms with van der Waals surface area (Å²) in [6.45, 7) is 4.47. The first-order chi connectivity index (χ1) is 23.4. The molecule has 0 aromatic rings. The van der Waals surface area contributed by atoms with Gasteiger partial charge in [-0.05, 0) is 12.8 Å². The van der Waals surface area contributed by atoms with Gasteiger partial charge in [0, 0.05) is 12.8 Å². The molecule has 0 bridgehead atoms. The molecule has 292 valence electrons. The van der Waals surface area contributed by atoms with Gasteiger partial charge < -0.3 is 18.8 Å². The van der Waals surface area contributed by atoms with Crippen molar-refractivity contribution in [2.75, 3.05) is 0 Å².